The lowest BCUT2D eigenvalue weighted by molar-refractivity contribution is -0.0206. The first kappa shape index (κ1) is 24.6. The molecule has 0 spiro atoms. The van der Waals surface area contributed by atoms with Crippen LogP contribution in [0.3, 0.4) is 0 Å². The molecule has 9 heteroatoms. The molecule has 0 unspecified atom stereocenters. The van der Waals surface area contributed by atoms with Crippen LogP contribution < -0.4 is 11.1 Å². The van der Waals surface area contributed by atoms with Gasteiger partial charge in [0.05, 0.1) is 92.6 Å². The second kappa shape index (κ2) is 23.6. The molecule has 0 aliphatic carbocycles. The van der Waals surface area contributed by atoms with Crippen LogP contribution in [0.4, 0.5) is 0 Å². The van der Waals surface area contributed by atoms with Crippen LogP contribution in [0, 0.1) is 0 Å². The molecule has 0 fully saturated rings. The third-order valence-corrected chi connectivity index (χ3v) is 2.74. The monoisotopic (exact) mass is 368 g/mol. The molecule has 0 saturated carbocycles. The molecule has 0 amide bonds. The summed E-state index contributed by atoms with van der Waals surface area (Å²) in [7, 11) is 1.83. The Morgan fingerprint density at radius 1 is 0.480 bits per heavy atom. The summed E-state index contributed by atoms with van der Waals surface area (Å²) in [5.41, 5.74) is 5.30. The van der Waals surface area contributed by atoms with Crippen LogP contribution in [-0.2, 0) is 33.2 Å². The van der Waals surface area contributed by atoms with Crippen LogP contribution in [0.5, 0.6) is 0 Å². The van der Waals surface area contributed by atoms with Crippen LogP contribution in [0.25, 0.3) is 0 Å². The first-order valence-corrected chi connectivity index (χ1v) is 8.80. The van der Waals surface area contributed by atoms with E-state index >= 15 is 0 Å². The van der Waals surface area contributed by atoms with Gasteiger partial charge in [-0.3, -0.25) is 5.32 Å². The maximum absolute atomic E-state index is 5.39. The lowest BCUT2D eigenvalue weighted by Gasteiger charge is -2.08. The van der Waals surface area contributed by atoms with Gasteiger partial charge in [-0.15, -0.1) is 0 Å². The van der Waals surface area contributed by atoms with Gasteiger partial charge in [0, 0.05) is 6.54 Å². The molecule has 3 N–H and O–H groups in total. The minimum atomic E-state index is 0.536. The van der Waals surface area contributed by atoms with Crippen LogP contribution in [0.1, 0.15) is 0 Å². The van der Waals surface area contributed by atoms with Crippen LogP contribution in [-0.4, -0.2) is 106 Å². The van der Waals surface area contributed by atoms with E-state index < -0.39 is 0 Å². The van der Waals surface area contributed by atoms with Gasteiger partial charge in [0.2, 0.25) is 0 Å². The van der Waals surface area contributed by atoms with Gasteiger partial charge in [0.1, 0.15) is 0 Å². The molecule has 0 atom stereocenters. The van der Waals surface area contributed by atoms with Gasteiger partial charge in [-0.2, -0.15) is 0 Å². The van der Waals surface area contributed by atoms with Gasteiger partial charge in [-0.05, 0) is 7.05 Å². The number of nitrogens with one attached hydrogen (secondary N) is 1. The maximum atomic E-state index is 5.39. The predicted molar refractivity (Wildman–Crippen MR) is 93.8 cm³/mol. The molecule has 0 aromatic heterocycles. The topological polar surface area (TPSA) is 103 Å². The maximum Gasteiger partial charge on any atom is 0.0963 e. The zero-order chi connectivity index (χ0) is 18.3. The van der Waals surface area contributed by atoms with Gasteiger partial charge in [-0.25, -0.2) is 0 Å². The lowest BCUT2D eigenvalue weighted by Crippen LogP contribution is -2.16. The molecule has 0 aliphatic heterocycles. The van der Waals surface area contributed by atoms with E-state index in [2.05, 4.69) is 5.32 Å². The Morgan fingerprint density at radius 3 is 1.04 bits per heavy atom. The van der Waals surface area contributed by atoms with Gasteiger partial charge < -0.3 is 38.9 Å². The third kappa shape index (κ3) is 23.6. The fraction of sp³-hybridized carbons (Fsp3) is 1.00. The largest absolute Gasteiger partial charge is 0.378 e. The summed E-state index contributed by atoms with van der Waals surface area (Å²) in [5, 5.41) is 2.89. The van der Waals surface area contributed by atoms with Gasteiger partial charge in [-0.1, -0.05) is 0 Å². The van der Waals surface area contributed by atoms with Crippen molar-refractivity contribution in [2.45, 2.75) is 0 Å². The van der Waals surface area contributed by atoms with E-state index in [1.165, 1.54) is 0 Å². The molecular formula is C16H36N2O7. The third-order valence-electron chi connectivity index (χ3n) is 2.74. The molecule has 0 radical (unpaired) electrons. The molecule has 0 rings (SSSR count). The molecule has 0 heterocycles. The molecular weight excluding hydrogens is 332 g/mol. The average molecular weight is 368 g/mol. The SMILES string of the molecule is CNCOCCOCCOCCOCCOCCOCCOCCN. The molecule has 0 aromatic carbocycles. The molecule has 25 heavy (non-hydrogen) atoms. The molecule has 0 aliphatic rings. The first-order valence-electron chi connectivity index (χ1n) is 8.80. The quantitative estimate of drug-likeness (QED) is 0.188. The standard InChI is InChI=1S/C16H36N2O7/c1-18-16-25-15-14-24-13-12-23-11-10-22-9-8-21-7-6-20-5-4-19-3-2-17/h18H,2-17H2,1H3. The number of nitrogens with two attached hydrogens (primary N) is 1. The van der Waals surface area contributed by atoms with Crippen molar-refractivity contribution in [3.05, 3.63) is 0 Å². The normalized spacial score (nSPS) is 11.3. The highest BCUT2D eigenvalue weighted by molar-refractivity contribution is 4.37. The Kier molecular flexibility index (Phi) is 23.3. The molecule has 0 bridgehead atoms. The second-order valence-corrected chi connectivity index (χ2v) is 4.87. The van der Waals surface area contributed by atoms with E-state index in [9.17, 15) is 0 Å². The number of ether oxygens (including phenoxy) is 7. The second-order valence-electron chi connectivity index (χ2n) is 4.87. The Hall–Kier alpha value is -0.360. The van der Waals surface area contributed by atoms with Crippen LogP contribution >= 0.6 is 0 Å². The van der Waals surface area contributed by atoms with E-state index in [1.54, 1.807) is 0 Å². The van der Waals surface area contributed by atoms with Gasteiger partial charge >= 0.3 is 0 Å². The highest BCUT2D eigenvalue weighted by Gasteiger charge is 1.94. The Morgan fingerprint density at radius 2 is 0.760 bits per heavy atom. The Balaban J connectivity index is 2.94. The van der Waals surface area contributed by atoms with Gasteiger partial charge in [0.15, 0.2) is 0 Å². The smallest absolute Gasteiger partial charge is 0.0963 e. The van der Waals surface area contributed by atoms with E-state index in [0.29, 0.717) is 99.2 Å². The lowest BCUT2D eigenvalue weighted by atomic mass is 10.6. The van der Waals surface area contributed by atoms with Crippen molar-refractivity contribution < 1.29 is 33.2 Å². The Bertz CT molecular complexity index is 217. The highest BCUT2D eigenvalue weighted by atomic mass is 16.6. The zero-order valence-corrected chi connectivity index (χ0v) is 15.5. The number of hydrogen-bond donors (Lipinski definition) is 2. The molecule has 152 valence electrons. The molecule has 9 nitrogen and oxygen atoms in total. The number of rotatable bonds is 22. The van der Waals surface area contributed by atoms with Crippen molar-refractivity contribution in [1.29, 1.82) is 0 Å². The minimum Gasteiger partial charge on any atom is -0.378 e. The highest BCUT2D eigenvalue weighted by Crippen LogP contribution is 1.84. The fourth-order valence-corrected chi connectivity index (χ4v) is 1.58. The summed E-state index contributed by atoms with van der Waals surface area (Å²) >= 11 is 0. The van der Waals surface area contributed by atoms with E-state index in [-0.39, 0.29) is 0 Å². The van der Waals surface area contributed by atoms with Crippen molar-refractivity contribution >= 4 is 0 Å². The zero-order valence-electron chi connectivity index (χ0n) is 15.5. The van der Waals surface area contributed by atoms with E-state index in [1.807, 2.05) is 7.05 Å². The van der Waals surface area contributed by atoms with E-state index in [0.717, 1.165) is 0 Å². The van der Waals surface area contributed by atoms with Crippen LogP contribution in [0.15, 0.2) is 0 Å². The summed E-state index contributed by atoms with van der Waals surface area (Å²) in [6.45, 7) is 8.31. The average Bonchev–Trinajstić information content (AvgIpc) is 2.63. The van der Waals surface area contributed by atoms with Crippen LogP contribution in [0.2, 0.25) is 0 Å². The minimum absolute atomic E-state index is 0.536. The summed E-state index contributed by atoms with van der Waals surface area (Å²) in [6, 6.07) is 0. The first-order chi connectivity index (χ1) is 12.4. The number of hydrogen-bond acceptors (Lipinski definition) is 9. The fourth-order valence-electron chi connectivity index (χ4n) is 1.58. The summed E-state index contributed by atoms with van der Waals surface area (Å²) in [4.78, 5) is 0. The molecule has 0 saturated heterocycles. The van der Waals surface area contributed by atoms with Crippen molar-refractivity contribution in [2.24, 2.45) is 5.73 Å². The Labute approximate surface area is 151 Å². The van der Waals surface area contributed by atoms with Crippen molar-refractivity contribution in [3.8, 4) is 0 Å². The van der Waals surface area contributed by atoms with Crippen molar-refractivity contribution in [3.63, 3.8) is 0 Å². The predicted octanol–water partition coefficient (Wildman–Crippen LogP) is -0.762. The summed E-state index contributed by atoms with van der Waals surface area (Å²) in [6.07, 6.45) is 0. The summed E-state index contributed by atoms with van der Waals surface area (Å²) in [5.74, 6) is 0. The van der Waals surface area contributed by atoms with Gasteiger partial charge in [0.25, 0.3) is 0 Å². The van der Waals surface area contributed by atoms with E-state index in [4.69, 9.17) is 38.9 Å². The molecule has 0 aromatic rings. The van der Waals surface area contributed by atoms with Crippen molar-refractivity contribution in [1.82, 2.24) is 5.32 Å². The van der Waals surface area contributed by atoms with Crippen molar-refractivity contribution in [2.75, 3.05) is 106 Å². The summed E-state index contributed by atoms with van der Waals surface area (Å²) < 4.78 is 37.2.